The molecule has 3 atom stereocenters. The molecule has 3 rings (SSSR count). The quantitative estimate of drug-likeness (QED) is 0.921. The van der Waals surface area contributed by atoms with Crippen LogP contribution in [0.5, 0.6) is 5.75 Å². The summed E-state index contributed by atoms with van der Waals surface area (Å²) in [6, 6.07) is 6.51. The molecular formula is C17H25NO2. The largest absolute Gasteiger partial charge is 0.492 e. The Bertz CT molecular complexity index is 498. The zero-order valence-electron chi connectivity index (χ0n) is 12.7. The van der Waals surface area contributed by atoms with Crippen LogP contribution in [0.3, 0.4) is 0 Å². The number of benzene rings is 1. The Morgan fingerprint density at radius 3 is 2.95 bits per heavy atom. The van der Waals surface area contributed by atoms with Crippen LogP contribution >= 0.6 is 0 Å². The van der Waals surface area contributed by atoms with E-state index in [1.807, 2.05) is 0 Å². The van der Waals surface area contributed by atoms with Crippen LogP contribution in [0, 0.1) is 5.92 Å². The first kappa shape index (κ1) is 13.9. The van der Waals surface area contributed by atoms with Gasteiger partial charge >= 0.3 is 0 Å². The highest BCUT2D eigenvalue weighted by Gasteiger charge is 2.35. The molecule has 3 nitrogen and oxygen atoms in total. The van der Waals surface area contributed by atoms with Crippen LogP contribution in [-0.2, 0) is 10.2 Å². The topological polar surface area (TPSA) is 44.5 Å². The summed E-state index contributed by atoms with van der Waals surface area (Å²) in [6.45, 7) is 8.22. The summed E-state index contributed by atoms with van der Waals surface area (Å²) in [4.78, 5) is 0. The number of hydrogen-bond donors (Lipinski definition) is 1. The fourth-order valence-corrected chi connectivity index (χ4v) is 3.49. The number of ether oxygens (including phenoxy) is 2. The van der Waals surface area contributed by atoms with Crippen molar-refractivity contribution in [2.75, 3.05) is 13.2 Å². The molecule has 3 heteroatoms. The van der Waals surface area contributed by atoms with Crippen molar-refractivity contribution in [2.45, 2.75) is 51.2 Å². The molecule has 2 heterocycles. The minimum Gasteiger partial charge on any atom is -0.492 e. The van der Waals surface area contributed by atoms with Gasteiger partial charge < -0.3 is 15.2 Å². The Labute approximate surface area is 121 Å². The van der Waals surface area contributed by atoms with E-state index in [1.165, 1.54) is 11.1 Å². The standard InChI is InChI=1S/C17H25NO2/c1-4-14-12(7-8-19-14)16(18)11-5-6-15-13(9-11)17(2,3)10-20-15/h5-6,9,12,14,16H,4,7-8,10,18H2,1-3H3. The second-order valence-corrected chi connectivity index (χ2v) is 6.72. The summed E-state index contributed by atoms with van der Waals surface area (Å²) in [5, 5.41) is 0. The first-order valence-electron chi connectivity index (χ1n) is 7.67. The van der Waals surface area contributed by atoms with E-state index < -0.39 is 0 Å². The molecular weight excluding hydrogens is 250 g/mol. The van der Waals surface area contributed by atoms with Crippen LogP contribution < -0.4 is 10.5 Å². The van der Waals surface area contributed by atoms with E-state index in [4.69, 9.17) is 15.2 Å². The van der Waals surface area contributed by atoms with Gasteiger partial charge in [0, 0.05) is 29.5 Å². The van der Waals surface area contributed by atoms with Gasteiger partial charge in [-0.25, -0.2) is 0 Å². The Kier molecular flexibility index (Phi) is 3.51. The van der Waals surface area contributed by atoms with Crippen LogP contribution in [0.2, 0.25) is 0 Å². The van der Waals surface area contributed by atoms with Gasteiger partial charge in [0.15, 0.2) is 0 Å². The molecule has 1 aromatic rings. The summed E-state index contributed by atoms with van der Waals surface area (Å²) in [7, 11) is 0. The van der Waals surface area contributed by atoms with Crippen molar-refractivity contribution >= 4 is 0 Å². The molecule has 0 spiro atoms. The first-order chi connectivity index (χ1) is 9.53. The van der Waals surface area contributed by atoms with Crippen molar-refractivity contribution in [3.05, 3.63) is 29.3 Å². The fourth-order valence-electron chi connectivity index (χ4n) is 3.49. The van der Waals surface area contributed by atoms with Crippen LogP contribution in [0.4, 0.5) is 0 Å². The Hall–Kier alpha value is -1.06. The molecule has 3 unspecified atom stereocenters. The molecule has 0 amide bonds. The van der Waals surface area contributed by atoms with Gasteiger partial charge in [-0.05, 0) is 30.5 Å². The van der Waals surface area contributed by atoms with Crippen molar-refractivity contribution in [3.63, 3.8) is 0 Å². The SMILES string of the molecule is CCC1OCCC1C(N)c1ccc2c(c1)C(C)(C)CO2. The maximum atomic E-state index is 6.53. The summed E-state index contributed by atoms with van der Waals surface area (Å²) in [5.41, 5.74) is 9.12. The molecule has 2 aliphatic heterocycles. The van der Waals surface area contributed by atoms with Gasteiger partial charge in [0.1, 0.15) is 5.75 Å². The maximum absolute atomic E-state index is 6.53. The van der Waals surface area contributed by atoms with Crippen molar-refractivity contribution in [1.29, 1.82) is 0 Å². The van der Waals surface area contributed by atoms with Crippen LogP contribution in [0.25, 0.3) is 0 Å². The third kappa shape index (κ3) is 2.23. The number of nitrogens with two attached hydrogens (primary N) is 1. The average Bonchev–Trinajstić information content (AvgIpc) is 3.03. The number of hydrogen-bond acceptors (Lipinski definition) is 3. The van der Waals surface area contributed by atoms with Gasteiger partial charge in [0.2, 0.25) is 0 Å². The maximum Gasteiger partial charge on any atom is 0.123 e. The summed E-state index contributed by atoms with van der Waals surface area (Å²) in [5.74, 6) is 1.45. The third-order valence-electron chi connectivity index (χ3n) is 4.83. The van der Waals surface area contributed by atoms with Crippen molar-refractivity contribution in [3.8, 4) is 5.75 Å². The van der Waals surface area contributed by atoms with Gasteiger partial charge in [0.05, 0.1) is 12.7 Å². The van der Waals surface area contributed by atoms with Crippen molar-refractivity contribution in [1.82, 2.24) is 0 Å². The normalized spacial score (nSPS) is 29.0. The molecule has 2 N–H and O–H groups in total. The van der Waals surface area contributed by atoms with E-state index in [9.17, 15) is 0 Å². The van der Waals surface area contributed by atoms with E-state index in [2.05, 4.69) is 39.0 Å². The lowest BCUT2D eigenvalue weighted by Crippen LogP contribution is -2.28. The summed E-state index contributed by atoms with van der Waals surface area (Å²) >= 11 is 0. The van der Waals surface area contributed by atoms with Gasteiger partial charge in [-0.2, -0.15) is 0 Å². The highest BCUT2D eigenvalue weighted by atomic mass is 16.5. The highest BCUT2D eigenvalue weighted by Crippen LogP contribution is 2.41. The summed E-state index contributed by atoms with van der Waals surface area (Å²) in [6.07, 6.45) is 2.41. The third-order valence-corrected chi connectivity index (χ3v) is 4.83. The van der Waals surface area contributed by atoms with Crippen LogP contribution in [0.15, 0.2) is 18.2 Å². The van der Waals surface area contributed by atoms with Gasteiger partial charge in [-0.1, -0.05) is 26.8 Å². The molecule has 20 heavy (non-hydrogen) atoms. The second kappa shape index (κ2) is 5.05. The molecule has 110 valence electrons. The zero-order valence-corrected chi connectivity index (χ0v) is 12.7. The van der Waals surface area contributed by atoms with Crippen LogP contribution in [-0.4, -0.2) is 19.3 Å². The fraction of sp³-hybridized carbons (Fsp3) is 0.647. The number of rotatable bonds is 3. The molecule has 1 fully saturated rings. The van der Waals surface area contributed by atoms with E-state index in [1.54, 1.807) is 0 Å². The smallest absolute Gasteiger partial charge is 0.123 e. The number of fused-ring (bicyclic) bond motifs is 1. The Morgan fingerprint density at radius 1 is 1.40 bits per heavy atom. The minimum absolute atomic E-state index is 0.0594. The van der Waals surface area contributed by atoms with Crippen molar-refractivity contribution < 1.29 is 9.47 Å². The molecule has 0 bridgehead atoms. The lowest BCUT2D eigenvalue weighted by Gasteiger charge is -2.25. The predicted molar refractivity (Wildman–Crippen MR) is 80.0 cm³/mol. The monoisotopic (exact) mass is 275 g/mol. The summed E-state index contributed by atoms with van der Waals surface area (Å²) < 4.78 is 11.5. The highest BCUT2D eigenvalue weighted by molar-refractivity contribution is 5.46. The average molecular weight is 275 g/mol. The Balaban J connectivity index is 1.88. The Morgan fingerprint density at radius 2 is 2.20 bits per heavy atom. The van der Waals surface area contributed by atoms with E-state index >= 15 is 0 Å². The molecule has 2 aliphatic rings. The predicted octanol–water partition coefficient (Wildman–Crippen LogP) is 3.17. The lowest BCUT2D eigenvalue weighted by molar-refractivity contribution is 0.0813. The van der Waals surface area contributed by atoms with Crippen molar-refractivity contribution in [2.24, 2.45) is 11.7 Å². The molecule has 0 aromatic heterocycles. The lowest BCUT2D eigenvalue weighted by atomic mass is 9.82. The first-order valence-corrected chi connectivity index (χ1v) is 7.67. The van der Waals surface area contributed by atoms with E-state index in [-0.39, 0.29) is 11.5 Å². The molecule has 1 saturated heterocycles. The van der Waals surface area contributed by atoms with Gasteiger partial charge in [-0.15, -0.1) is 0 Å². The van der Waals surface area contributed by atoms with E-state index in [0.29, 0.717) is 12.0 Å². The van der Waals surface area contributed by atoms with Crippen LogP contribution in [0.1, 0.15) is 50.8 Å². The van der Waals surface area contributed by atoms with Gasteiger partial charge in [-0.3, -0.25) is 0 Å². The second-order valence-electron chi connectivity index (χ2n) is 6.72. The molecule has 1 aromatic carbocycles. The minimum atomic E-state index is 0.0594. The zero-order chi connectivity index (χ0) is 14.3. The van der Waals surface area contributed by atoms with E-state index in [0.717, 1.165) is 31.8 Å². The molecule has 0 saturated carbocycles. The molecule has 0 radical (unpaired) electrons. The molecule has 0 aliphatic carbocycles. The van der Waals surface area contributed by atoms with Gasteiger partial charge in [0.25, 0.3) is 0 Å².